The second kappa shape index (κ2) is 7.70. The molecule has 0 unspecified atom stereocenters. The monoisotopic (exact) mass is 358 g/mol. The molecule has 0 fully saturated rings. The number of carbonyl (C=O) groups excluding carboxylic acids is 1. The van der Waals surface area contributed by atoms with Crippen LogP contribution in [0.1, 0.15) is 29.1 Å². The minimum absolute atomic E-state index is 0.104. The van der Waals surface area contributed by atoms with E-state index in [0.29, 0.717) is 24.7 Å². The number of nitrogens with zero attached hydrogens (tertiary/aromatic N) is 7. The van der Waals surface area contributed by atoms with Gasteiger partial charge < -0.3 is 19.7 Å². The van der Waals surface area contributed by atoms with Crippen molar-refractivity contribution in [3.63, 3.8) is 0 Å². The van der Waals surface area contributed by atoms with Crippen molar-refractivity contribution in [2.75, 3.05) is 13.7 Å². The van der Waals surface area contributed by atoms with Gasteiger partial charge in [-0.05, 0) is 35.5 Å². The molecule has 1 amide bonds. The molecule has 2 heterocycles. The molecule has 0 aliphatic rings. The summed E-state index contributed by atoms with van der Waals surface area (Å²) in [5.74, 6) is -0.00916. The van der Waals surface area contributed by atoms with Crippen LogP contribution < -0.4 is 5.32 Å². The van der Waals surface area contributed by atoms with Gasteiger partial charge in [0.15, 0.2) is 5.82 Å². The molecule has 3 aromatic rings. The van der Waals surface area contributed by atoms with Crippen molar-refractivity contribution in [2.45, 2.75) is 19.5 Å². The van der Waals surface area contributed by atoms with E-state index in [1.165, 1.54) is 23.1 Å². The summed E-state index contributed by atoms with van der Waals surface area (Å²) >= 11 is 0. The molecule has 0 aliphatic carbocycles. The fraction of sp³-hybridized carbons (Fsp3) is 0.333. The van der Waals surface area contributed by atoms with Gasteiger partial charge in [-0.15, -0.1) is 15.3 Å². The van der Waals surface area contributed by atoms with Crippen molar-refractivity contribution >= 4 is 5.91 Å². The van der Waals surface area contributed by atoms with E-state index in [2.05, 4.69) is 31.0 Å². The van der Waals surface area contributed by atoms with Crippen LogP contribution in [0.2, 0.25) is 0 Å². The van der Waals surface area contributed by atoms with Crippen molar-refractivity contribution in [3.05, 3.63) is 42.2 Å². The average Bonchev–Trinajstić information content (AvgIpc) is 3.32. The van der Waals surface area contributed by atoms with Gasteiger partial charge in [0.25, 0.3) is 5.91 Å². The second-order valence-electron chi connectivity index (χ2n) is 5.53. The highest BCUT2D eigenvalue weighted by atomic mass is 16.5. The first-order valence-corrected chi connectivity index (χ1v) is 7.84. The maximum Gasteiger partial charge on any atom is 0.255 e. The van der Waals surface area contributed by atoms with E-state index < -0.39 is 11.9 Å². The molecular formula is C15H18N8O3. The molecule has 3 rings (SSSR count). The zero-order chi connectivity index (χ0) is 18.5. The predicted octanol–water partition coefficient (Wildman–Crippen LogP) is 0.0968. The summed E-state index contributed by atoms with van der Waals surface area (Å²) in [6.07, 6.45) is 2.97. The van der Waals surface area contributed by atoms with Crippen LogP contribution in [0.4, 0.5) is 0 Å². The lowest BCUT2D eigenvalue weighted by atomic mass is 10.1. The van der Waals surface area contributed by atoms with Gasteiger partial charge in [0.05, 0.1) is 23.9 Å². The number of phenolic OH excluding ortho intramolecular Hbond substituents is 1. The van der Waals surface area contributed by atoms with E-state index in [-0.39, 0.29) is 11.3 Å². The highest BCUT2D eigenvalue weighted by molar-refractivity contribution is 5.97. The van der Waals surface area contributed by atoms with Gasteiger partial charge in [-0.1, -0.05) is 0 Å². The maximum absolute atomic E-state index is 12.6. The number of aromatic hydroxyl groups is 1. The zero-order valence-electron chi connectivity index (χ0n) is 14.3. The summed E-state index contributed by atoms with van der Waals surface area (Å²) in [5.41, 5.74) is 0.654. The fourth-order valence-corrected chi connectivity index (χ4v) is 2.43. The van der Waals surface area contributed by atoms with E-state index in [4.69, 9.17) is 4.74 Å². The van der Waals surface area contributed by atoms with E-state index in [0.717, 1.165) is 0 Å². The molecular weight excluding hydrogens is 340 g/mol. The van der Waals surface area contributed by atoms with Gasteiger partial charge >= 0.3 is 0 Å². The number of aromatic nitrogens is 7. The lowest BCUT2D eigenvalue weighted by Crippen LogP contribution is -2.29. The predicted molar refractivity (Wildman–Crippen MR) is 88.6 cm³/mol. The Morgan fingerprint density at radius 1 is 1.35 bits per heavy atom. The number of benzene rings is 1. The van der Waals surface area contributed by atoms with Crippen molar-refractivity contribution < 1.29 is 14.6 Å². The first-order chi connectivity index (χ1) is 12.6. The summed E-state index contributed by atoms with van der Waals surface area (Å²) in [5, 5.41) is 31.6. The Balaban J connectivity index is 1.78. The zero-order valence-corrected chi connectivity index (χ0v) is 14.3. The lowest BCUT2D eigenvalue weighted by Gasteiger charge is -2.15. The topological polar surface area (TPSA) is 133 Å². The van der Waals surface area contributed by atoms with E-state index in [9.17, 15) is 9.90 Å². The van der Waals surface area contributed by atoms with Crippen LogP contribution in [0, 0.1) is 0 Å². The Hall–Kier alpha value is -3.34. The van der Waals surface area contributed by atoms with E-state index in [1.807, 2.05) is 0 Å². The first kappa shape index (κ1) is 17.5. The number of rotatable bonds is 7. The van der Waals surface area contributed by atoms with Crippen molar-refractivity contribution in [1.29, 1.82) is 0 Å². The van der Waals surface area contributed by atoms with Crippen LogP contribution in [0.15, 0.2) is 30.9 Å². The third kappa shape index (κ3) is 3.67. The van der Waals surface area contributed by atoms with Crippen LogP contribution in [-0.2, 0) is 11.3 Å². The molecule has 0 bridgehead atoms. The molecule has 11 nitrogen and oxygen atoms in total. The largest absolute Gasteiger partial charge is 0.507 e. The number of hydrogen-bond acceptors (Lipinski definition) is 8. The van der Waals surface area contributed by atoms with Gasteiger partial charge in [0.1, 0.15) is 18.4 Å². The molecule has 0 radical (unpaired) electrons. The van der Waals surface area contributed by atoms with Crippen LogP contribution in [-0.4, -0.2) is 59.7 Å². The highest BCUT2D eigenvalue weighted by Gasteiger charge is 2.19. The number of tetrazole rings is 1. The van der Waals surface area contributed by atoms with Gasteiger partial charge in [-0.3, -0.25) is 4.79 Å². The first-order valence-electron chi connectivity index (χ1n) is 7.84. The van der Waals surface area contributed by atoms with Crippen molar-refractivity contribution in [3.8, 4) is 11.4 Å². The number of methoxy groups -OCH3 is 1. The molecule has 136 valence electrons. The fourth-order valence-electron chi connectivity index (χ4n) is 2.43. The van der Waals surface area contributed by atoms with Gasteiger partial charge in [-0.25, -0.2) is 4.68 Å². The Kier molecular flexibility index (Phi) is 5.17. The smallest absolute Gasteiger partial charge is 0.255 e. The number of amides is 1. The normalized spacial score (nSPS) is 12.1. The van der Waals surface area contributed by atoms with Crippen molar-refractivity contribution in [1.82, 2.24) is 40.3 Å². The minimum Gasteiger partial charge on any atom is -0.507 e. The van der Waals surface area contributed by atoms with Crippen molar-refractivity contribution in [2.24, 2.45) is 0 Å². The molecule has 0 aliphatic heterocycles. The lowest BCUT2D eigenvalue weighted by molar-refractivity contribution is 0.0934. The summed E-state index contributed by atoms with van der Waals surface area (Å²) in [4.78, 5) is 12.6. The SMILES string of the molecule is COCCn1cnnc1[C@H](C)NC(=O)c1cc(-n2cnnn2)ccc1O. The molecule has 26 heavy (non-hydrogen) atoms. The average molecular weight is 358 g/mol. The Labute approximate surface area is 148 Å². The van der Waals surface area contributed by atoms with Crippen LogP contribution in [0.5, 0.6) is 5.75 Å². The standard InChI is InChI=1S/C15H18N8O3/c1-10(14-19-16-8-22(14)5-6-26-2)18-15(25)12-7-11(3-4-13(12)24)23-9-17-20-21-23/h3-4,7-10,24H,5-6H2,1-2H3,(H,18,25)/t10-/m0/s1. The Morgan fingerprint density at radius 3 is 2.92 bits per heavy atom. The molecule has 1 atom stereocenters. The molecule has 0 saturated heterocycles. The minimum atomic E-state index is -0.453. The van der Waals surface area contributed by atoms with E-state index >= 15 is 0 Å². The van der Waals surface area contributed by atoms with Crippen LogP contribution >= 0.6 is 0 Å². The Morgan fingerprint density at radius 2 is 2.19 bits per heavy atom. The molecule has 0 spiro atoms. The van der Waals surface area contributed by atoms with Crippen LogP contribution in [0.25, 0.3) is 5.69 Å². The summed E-state index contributed by atoms with van der Waals surface area (Å²) in [6, 6.07) is 4.10. The number of phenols is 1. The second-order valence-corrected chi connectivity index (χ2v) is 5.53. The van der Waals surface area contributed by atoms with Gasteiger partial charge in [-0.2, -0.15) is 0 Å². The van der Waals surface area contributed by atoms with Gasteiger partial charge in [0, 0.05) is 13.7 Å². The Bertz CT molecular complexity index is 877. The van der Waals surface area contributed by atoms with Crippen LogP contribution in [0.3, 0.4) is 0 Å². The number of carbonyl (C=O) groups is 1. The third-order valence-corrected chi connectivity index (χ3v) is 3.76. The third-order valence-electron chi connectivity index (χ3n) is 3.76. The van der Waals surface area contributed by atoms with E-state index in [1.54, 1.807) is 31.0 Å². The maximum atomic E-state index is 12.6. The molecule has 11 heteroatoms. The number of ether oxygens (including phenoxy) is 1. The molecule has 1 aromatic carbocycles. The number of hydrogen-bond donors (Lipinski definition) is 2. The molecule has 2 aromatic heterocycles. The highest BCUT2D eigenvalue weighted by Crippen LogP contribution is 2.21. The molecule has 2 N–H and O–H groups in total. The summed E-state index contributed by atoms with van der Waals surface area (Å²) < 4.78 is 8.24. The van der Waals surface area contributed by atoms with Gasteiger partial charge in [0.2, 0.25) is 0 Å². The summed E-state index contributed by atoms with van der Waals surface area (Å²) in [7, 11) is 1.61. The molecule has 0 saturated carbocycles. The number of nitrogens with one attached hydrogen (secondary N) is 1. The quantitative estimate of drug-likeness (QED) is 0.607. The summed E-state index contributed by atoms with van der Waals surface area (Å²) in [6.45, 7) is 2.85.